The average Bonchev–Trinajstić information content (AvgIpc) is 2.94. The lowest BCUT2D eigenvalue weighted by Crippen LogP contribution is -2.48. The summed E-state index contributed by atoms with van der Waals surface area (Å²) >= 11 is 0. The Labute approximate surface area is 258 Å². The number of methoxy groups -OCH3 is 1. The maximum absolute atomic E-state index is 15.6. The zero-order chi connectivity index (χ0) is 32.2. The van der Waals surface area contributed by atoms with Gasteiger partial charge in [0.15, 0.2) is 21.4 Å². The maximum Gasteiger partial charge on any atom is 0.408 e. The Morgan fingerprint density at radius 1 is 1.05 bits per heavy atom. The van der Waals surface area contributed by atoms with Gasteiger partial charge in [0.25, 0.3) is 0 Å². The maximum atomic E-state index is 15.6. The van der Waals surface area contributed by atoms with E-state index in [2.05, 4.69) is 5.32 Å². The van der Waals surface area contributed by atoms with E-state index >= 15 is 8.78 Å². The molecule has 1 amide bonds. The summed E-state index contributed by atoms with van der Waals surface area (Å²) in [7, 11) is -2.35. The first kappa shape index (κ1) is 32.9. The van der Waals surface area contributed by atoms with Gasteiger partial charge in [0.1, 0.15) is 11.4 Å². The molecule has 1 unspecified atom stereocenters. The fourth-order valence-electron chi connectivity index (χ4n) is 5.23. The van der Waals surface area contributed by atoms with E-state index < -0.39 is 45.2 Å². The molecule has 0 saturated carbocycles. The Morgan fingerprint density at radius 3 is 2.36 bits per heavy atom. The quantitative estimate of drug-likeness (QED) is 0.305. The summed E-state index contributed by atoms with van der Waals surface area (Å²) in [5.74, 6) is -1.13. The molecule has 236 valence electrons. The lowest BCUT2D eigenvalue weighted by atomic mass is 9.96. The lowest BCUT2D eigenvalue weighted by Gasteiger charge is -2.42. The van der Waals surface area contributed by atoms with E-state index in [1.54, 1.807) is 32.9 Å². The Bertz CT molecular complexity index is 1620. The van der Waals surface area contributed by atoms with E-state index in [0.717, 1.165) is 11.8 Å². The minimum absolute atomic E-state index is 0.0284. The van der Waals surface area contributed by atoms with E-state index in [-0.39, 0.29) is 36.0 Å². The summed E-state index contributed by atoms with van der Waals surface area (Å²) in [5.41, 5.74) is 1.01. The Hall–Kier alpha value is -3.96. The molecule has 8 nitrogen and oxygen atoms in total. The van der Waals surface area contributed by atoms with Gasteiger partial charge in [0, 0.05) is 42.7 Å². The topological polar surface area (TPSA) is 88.2 Å². The number of ether oxygens (including phenoxy) is 2. The minimum Gasteiger partial charge on any atom is -0.494 e. The molecular weight excluding hydrogens is 588 g/mol. The fourth-order valence-corrected chi connectivity index (χ4v) is 6.16. The second kappa shape index (κ2) is 13.4. The fraction of sp³-hybridized carbons (Fsp3) is 0.364. The molecule has 1 heterocycles. The second-order valence-corrected chi connectivity index (χ2v) is 13.8. The van der Waals surface area contributed by atoms with Crippen molar-refractivity contribution >= 4 is 21.5 Å². The van der Waals surface area contributed by atoms with Gasteiger partial charge < -0.3 is 19.7 Å². The molecule has 1 aliphatic heterocycles. The summed E-state index contributed by atoms with van der Waals surface area (Å²) < 4.78 is 66.7. The largest absolute Gasteiger partial charge is 0.494 e. The highest BCUT2D eigenvalue weighted by atomic mass is 32.2. The molecule has 0 aliphatic carbocycles. The van der Waals surface area contributed by atoms with Gasteiger partial charge >= 0.3 is 6.09 Å². The predicted molar refractivity (Wildman–Crippen MR) is 166 cm³/mol. The molecule has 44 heavy (non-hydrogen) atoms. The molecule has 0 radical (unpaired) electrons. The predicted octanol–water partition coefficient (Wildman–Crippen LogP) is 6.15. The van der Waals surface area contributed by atoms with E-state index in [1.807, 2.05) is 53.3 Å². The van der Waals surface area contributed by atoms with Gasteiger partial charge in [0.05, 0.1) is 24.7 Å². The molecule has 0 aromatic heterocycles. The molecular formula is C33H39F2N3O5S. The number of benzene rings is 3. The number of rotatable bonds is 9. The van der Waals surface area contributed by atoms with Crippen molar-refractivity contribution in [2.75, 3.05) is 26.6 Å². The summed E-state index contributed by atoms with van der Waals surface area (Å²) in [4.78, 5) is 16.5. The number of nitrogens with one attached hydrogen (secondary N) is 1. The van der Waals surface area contributed by atoms with Gasteiger partial charge in [-0.25, -0.2) is 22.0 Å². The Morgan fingerprint density at radius 2 is 1.73 bits per heavy atom. The van der Waals surface area contributed by atoms with Crippen molar-refractivity contribution in [3.8, 4) is 5.75 Å². The molecule has 3 aromatic rings. The highest BCUT2D eigenvalue weighted by Crippen LogP contribution is 2.35. The Balaban J connectivity index is 1.77. The molecule has 1 aliphatic rings. The average molecular weight is 628 g/mol. The molecule has 0 saturated heterocycles. The zero-order valence-electron chi connectivity index (χ0n) is 25.8. The van der Waals surface area contributed by atoms with Gasteiger partial charge in [-0.15, -0.1) is 0 Å². The van der Waals surface area contributed by atoms with Gasteiger partial charge in [-0.1, -0.05) is 48.5 Å². The molecule has 3 aromatic carbocycles. The van der Waals surface area contributed by atoms with Crippen LogP contribution < -0.4 is 10.1 Å². The summed E-state index contributed by atoms with van der Waals surface area (Å²) in [5, 5.41) is 2.95. The van der Waals surface area contributed by atoms with E-state index in [9.17, 15) is 13.2 Å². The first-order valence-electron chi connectivity index (χ1n) is 14.2. The van der Waals surface area contributed by atoms with Gasteiger partial charge in [-0.2, -0.15) is 0 Å². The van der Waals surface area contributed by atoms with E-state index in [0.29, 0.717) is 11.1 Å². The number of alkyl carbamates (subject to hydrolysis) is 1. The normalized spacial score (nSPS) is 16.7. The summed E-state index contributed by atoms with van der Waals surface area (Å²) in [6.45, 7) is 7.60. The van der Waals surface area contributed by atoms with Crippen molar-refractivity contribution < 1.29 is 31.5 Å². The molecule has 0 spiro atoms. The Kier molecular flexibility index (Phi) is 10.00. The van der Waals surface area contributed by atoms with Crippen LogP contribution in [0.4, 0.5) is 13.6 Å². The van der Waals surface area contributed by atoms with Crippen LogP contribution in [-0.4, -0.2) is 62.5 Å². The van der Waals surface area contributed by atoms with Crippen LogP contribution in [0, 0.1) is 11.6 Å². The molecule has 0 bridgehead atoms. The molecule has 11 heteroatoms. The highest BCUT2D eigenvalue weighted by Gasteiger charge is 2.32. The molecule has 2 atom stereocenters. The van der Waals surface area contributed by atoms with Crippen LogP contribution in [0.5, 0.6) is 5.75 Å². The van der Waals surface area contributed by atoms with Crippen LogP contribution in [0.15, 0.2) is 77.8 Å². The van der Waals surface area contributed by atoms with Crippen LogP contribution in [0.1, 0.15) is 50.4 Å². The highest BCUT2D eigenvalue weighted by molar-refractivity contribution is 7.90. The van der Waals surface area contributed by atoms with Gasteiger partial charge in [-0.3, -0.25) is 4.90 Å². The number of sulfone groups is 1. The summed E-state index contributed by atoms with van der Waals surface area (Å²) in [6, 6.07) is 17.2. The van der Waals surface area contributed by atoms with E-state index in [4.69, 9.17) is 9.47 Å². The van der Waals surface area contributed by atoms with Crippen molar-refractivity contribution in [3.05, 3.63) is 101 Å². The van der Waals surface area contributed by atoms with Gasteiger partial charge in [-0.05, 0) is 57.0 Å². The number of nitrogens with zero attached hydrogens (tertiary/aromatic N) is 2. The monoisotopic (exact) mass is 627 g/mol. The number of hydrogen-bond donors (Lipinski definition) is 1. The van der Waals surface area contributed by atoms with Crippen molar-refractivity contribution in [3.63, 3.8) is 0 Å². The van der Waals surface area contributed by atoms with Crippen LogP contribution in [0.25, 0.3) is 5.57 Å². The van der Waals surface area contributed by atoms with Crippen molar-refractivity contribution in [2.24, 2.45) is 0 Å². The minimum atomic E-state index is -3.74. The SMILES string of the molecule is COc1cccc(C2=CN(C[C@H](NC(=O)OC(C)(C)C)c3ccccc3)CN(Cc3c(F)cccc3S(C)(=O)=O)C2C)c1F. The van der Waals surface area contributed by atoms with Crippen LogP contribution in [0.3, 0.4) is 0 Å². The number of halogens is 2. The third-order valence-electron chi connectivity index (χ3n) is 7.32. The van der Waals surface area contributed by atoms with Gasteiger partial charge in [0.2, 0.25) is 0 Å². The first-order chi connectivity index (χ1) is 20.7. The lowest BCUT2D eigenvalue weighted by molar-refractivity contribution is 0.0482. The number of carbonyl (C=O) groups is 1. The standard InChI is InChI=1S/C33H39F2N3O5S/c1-22-25(24-14-10-16-29(42-5)31(24)35)18-37(21-38(22)19-26-27(34)15-11-17-30(26)44(6,40)41)20-28(23-12-8-7-9-13-23)36-32(39)43-33(2,3)4/h7-18,22,28H,19-21H2,1-6H3,(H,36,39)/t22?,28-/m0/s1. The second-order valence-electron chi connectivity index (χ2n) is 11.8. The van der Waals surface area contributed by atoms with Crippen LogP contribution in [-0.2, 0) is 21.1 Å². The zero-order valence-corrected chi connectivity index (χ0v) is 26.6. The molecule has 4 rings (SSSR count). The number of amides is 1. The van der Waals surface area contributed by atoms with Crippen molar-refractivity contribution in [2.45, 2.75) is 56.8 Å². The third kappa shape index (κ3) is 7.95. The molecule has 1 N–H and O–H groups in total. The summed E-state index contributed by atoms with van der Waals surface area (Å²) in [6.07, 6.45) is 2.27. The number of hydrogen-bond acceptors (Lipinski definition) is 7. The van der Waals surface area contributed by atoms with Crippen LogP contribution >= 0.6 is 0 Å². The first-order valence-corrected chi connectivity index (χ1v) is 16.1. The molecule has 0 fully saturated rings. The third-order valence-corrected chi connectivity index (χ3v) is 8.50. The van der Waals surface area contributed by atoms with Crippen molar-refractivity contribution in [1.29, 1.82) is 0 Å². The smallest absolute Gasteiger partial charge is 0.408 e. The van der Waals surface area contributed by atoms with E-state index in [1.165, 1.54) is 31.4 Å². The van der Waals surface area contributed by atoms with Crippen molar-refractivity contribution in [1.82, 2.24) is 15.1 Å². The number of carbonyl (C=O) groups excluding carboxylic acids is 1. The van der Waals surface area contributed by atoms with Crippen LogP contribution in [0.2, 0.25) is 0 Å².